The Morgan fingerprint density at radius 2 is 1.75 bits per heavy atom. The van der Waals surface area contributed by atoms with Gasteiger partial charge in [-0.3, -0.25) is 4.90 Å². The smallest absolute Gasteiger partial charge is 0.0128 e. The molecular formula is C11H23N. The lowest BCUT2D eigenvalue weighted by Gasteiger charge is -2.38. The third-order valence-corrected chi connectivity index (χ3v) is 3.46. The van der Waals surface area contributed by atoms with Crippen LogP contribution in [0.25, 0.3) is 0 Å². The molecule has 0 bridgehead atoms. The zero-order chi connectivity index (χ0) is 9.57. The first-order chi connectivity index (χ1) is 5.25. The van der Waals surface area contributed by atoms with Crippen molar-refractivity contribution in [3.05, 3.63) is 0 Å². The van der Waals surface area contributed by atoms with E-state index in [1.807, 2.05) is 0 Å². The summed E-state index contributed by atoms with van der Waals surface area (Å²) in [5.41, 5.74) is 0.848. The highest BCUT2D eigenvalue weighted by atomic mass is 15.2. The van der Waals surface area contributed by atoms with Crippen molar-refractivity contribution in [2.45, 2.75) is 59.5 Å². The number of rotatable bonds is 0. The molecule has 0 saturated carbocycles. The molecule has 0 amide bonds. The van der Waals surface area contributed by atoms with Gasteiger partial charge in [0.15, 0.2) is 0 Å². The molecule has 0 aromatic heterocycles. The van der Waals surface area contributed by atoms with E-state index in [2.05, 4.69) is 46.4 Å². The van der Waals surface area contributed by atoms with Crippen molar-refractivity contribution in [2.24, 2.45) is 5.41 Å². The van der Waals surface area contributed by atoms with Crippen LogP contribution in [0.5, 0.6) is 0 Å². The van der Waals surface area contributed by atoms with E-state index in [-0.39, 0.29) is 0 Å². The molecule has 1 aliphatic rings. The Morgan fingerprint density at radius 1 is 1.25 bits per heavy atom. The van der Waals surface area contributed by atoms with E-state index in [0.717, 1.165) is 6.04 Å². The quantitative estimate of drug-likeness (QED) is 0.539. The fraction of sp³-hybridized carbons (Fsp3) is 1.00. The molecule has 12 heavy (non-hydrogen) atoms. The summed E-state index contributed by atoms with van der Waals surface area (Å²) in [4.78, 5) is 2.62. The first-order valence-electron chi connectivity index (χ1n) is 5.02. The molecular weight excluding hydrogens is 146 g/mol. The minimum Gasteiger partial charge on any atom is -0.295 e. The molecule has 0 aromatic rings. The van der Waals surface area contributed by atoms with Gasteiger partial charge in [0.1, 0.15) is 0 Å². The van der Waals surface area contributed by atoms with Crippen molar-refractivity contribution in [3.63, 3.8) is 0 Å². The molecule has 0 radical (unpaired) electrons. The van der Waals surface area contributed by atoms with Gasteiger partial charge in [-0.1, -0.05) is 13.8 Å². The van der Waals surface area contributed by atoms with Crippen LogP contribution in [0.4, 0.5) is 0 Å². The highest BCUT2D eigenvalue weighted by Crippen LogP contribution is 2.39. The summed E-state index contributed by atoms with van der Waals surface area (Å²) in [7, 11) is 0. The summed E-state index contributed by atoms with van der Waals surface area (Å²) in [6, 6.07) is 0.720. The number of hydrogen-bond acceptors (Lipinski definition) is 1. The fourth-order valence-corrected chi connectivity index (χ4v) is 2.15. The van der Waals surface area contributed by atoms with Crippen molar-refractivity contribution in [1.82, 2.24) is 4.90 Å². The van der Waals surface area contributed by atoms with Gasteiger partial charge in [-0.15, -0.1) is 0 Å². The van der Waals surface area contributed by atoms with E-state index in [4.69, 9.17) is 0 Å². The second-order valence-electron chi connectivity index (χ2n) is 5.78. The molecule has 72 valence electrons. The minimum atomic E-state index is 0.340. The summed E-state index contributed by atoms with van der Waals surface area (Å²) < 4.78 is 0. The third-order valence-electron chi connectivity index (χ3n) is 3.46. The van der Waals surface area contributed by atoms with Gasteiger partial charge in [0.05, 0.1) is 0 Å². The molecule has 0 N–H and O–H groups in total. The Morgan fingerprint density at radius 3 is 1.92 bits per heavy atom. The lowest BCUT2D eigenvalue weighted by atomic mass is 9.85. The van der Waals surface area contributed by atoms with Gasteiger partial charge in [-0.25, -0.2) is 0 Å². The first kappa shape index (κ1) is 10.0. The van der Waals surface area contributed by atoms with Gasteiger partial charge in [-0.05, 0) is 46.1 Å². The number of nitrogens with zero attached hydrogens (tertiary/aromatic N) is 1. The SMILES string of the molecule is C[C@@H]1N(C(C)(C)C)CCC1(C)C. The largest absolute Gasteiger partial charge is 0.295 e. The Labute approximate surface area is 77.1 Å². The number of hydrogen-bond donors (Lipinski definition) is 0. The predicted octanol–water partition coefficient (Wildman–Crippen LogP) is 2.91. The highest BCUT2D eigenvalue weighted by molar-refractivity contribution is 4.95. The molecule has 1 nitrogen and oxygen atoms in total. The maximum absolute atomic E-state index is 2.62. The van der Waals surface area contributed by atoms with Gasteiger partial charge in [0, 0.05) is 11.6 Å². The van der Waals surface area contributed by atoms with Crippen molar-refractivity contribution >= 4 is 0 Å². The topological polar surface area (TPSA) is 3.24 Å². The van der Waals surface area contributed by atoms with Crippen LogP contribution in [-0.4, -0.2) is 23.0 Å². The van der Waals surface area contributed by atoms with E-state index in [1.165, 1.54) is 13.0 Å². The van der Waals surface area contributed by atoms with Gasteiger partial charge in [0.2, 0.25) is 0 Å². The summed E-state index contributed by atoms with van der Waals surface area (Å²) in [5, 5.41) is 0. The molecule has 1 heterocycles. The van der Waals surface area contributed by atoms with Gasteiger partial charge >= 0.3 is 0 Å². The molecule has 1 aliphatic heterocycles. The van der Waals surface area contributed by atoms with Crippen LogP contribution >= 0.6 is 0 Å². The van der Waals surface area contributed by atoms with Crippen molar-refractivity contribution in [1.29, 1.82) is 0 Å². The second kappa shape index (κ2) is 2.73. The van der Waals surface area contributed by atoms with Crippen LogP contribution in [0.2, 0.25) is 0 Å². The Bertz CT molecular complexity index is 164. The standard InChI is InChI=1S/C11H23N/c1-9-11(5,6)7-8-12(9)10(2,3)4/h9H,7-8H2,1-6H3/t9-/m0/s1. The molecule has 1 atom stereocenters. The molecule has 0 unspecified atom stereocenters. The maximum Gasteiger partial charge on any atom is 0.0128 e. The van der Waals surface area contributed by atoms with Gasteiger partial charge < -0.3 is 0 Å². The third kappa shape index (κ3) is 1.66. The van der Waals surface area contributed by atoms with Crippen LogP contribution in [0.15, 0.2) is 0 Å². The van der Waals surface area contributed by atoms with Crippen LogP contribution in [-0.2, 0) is 0 Å². The molecule has 1 heteroatoms. The molecule has 0 aliphatic carbocycles. The average molecular weight is 169 g/mol. The number of likely N-dealkylation sites (tertiary alicyclic amines) is 1. The van der Waals surface area contributed by atoms with Crippen molar-refractivity contribution in [3.8, 4) is 0 Å². The normalized spacial score (nSPS) is 31.0. The second-order valence-corrected chi connectivity index (χ2v) is 5.78. The first-order valence-corrected chi connectivity index (χ1v) is 5.02. The minimum absolute atomic E-state index is 0.340. The monoisotopic (exact) mass is 169 g/mol. The predicted molar refractivity (Wildman–Crippen MR) is 54.3 cm³/mol. The zero-order valence-corrected chi connectivity index (χ0v) is 9.44. The van der Waals surface area contributed by atoms with E-state index in [0.29, 0.717) is 11.0 Å². The van der Waals surface area contributed by atoms with E-state index in [9.17, 15) is 0 Å². The molecule has 0 aromatic carbocycles. The molecule has 0 spiro atoms. The van der Waals surface area contributed by atoms with Crippen molar-refractivity contribution in [2.75, 3.05) is 6.54 Å². The summed E-state index contributed by atoms with van der Waals surface area (Å²) in [6.07, 6.45) is 1.34. The molecule has 1 saturated heterocycles. The van der Waals surface area contributed by atoms with Gasteiger partial charge in [-0.2, -0.15) is 0 Å². The van der Waals surface area contributed by atoms with Crippen LogP contribution in [0.1, 0.15) is 48.0 Å². The van der Waals surface area contributed by atoms with E-state index < -0.39 is 0 Å². The zero-order valence-electron chi connectivity index (χ0n) is 9.44. The maximum atomic E-state index is 2.62. The highest BCUT2D eigenvalue weighted by Gasteiger charge is 2.41. The van der Waals surface area contributed by atoms with E-state index in [1.54, 1.807) is 0 Å². The lowest BCUT2D eigenvalue weighted by molar-refractivity contribution is 0.0978. The van der Waals surface area contributed by atoms with Crippen LogP contribution in [0, 0.1) is 5.41 Å². The van der Waals surface area contributed by atoms with Crippen molar-refractivity contribution < 1.29 is 0 Å². The Hall–Kier alpha value is -0.0400. The summed E-state index contributed by atoms with van der Waals surface area (Å²) in [5.74, 6) is 0. The summed E-state index contributed by atoms with van der Waals surface area (Å²) in [6.45, 7) is 15.3. The molecule has 1 fully saturated rings. The summed E-state index contributed by atoms with van der Waals surface area (Å²) >= 11 is 0. The van der Waals surface area contributed by atoms with E-state index >= 15 is 0 Å². The molecule has 1 rings (SSSR count). The van der Waals surface area contributed by atoms with Crippen LogP contribution in [0.3, 0.4) is 0 Å². The lowest BCUT2D eigenvalue weighted by Crippen LogP contribution is -2.46. The van der Waals surface area contributed by atoms with Crippen LogP contribution < -0.4 is 0 Å². The fourth-order valence-electron chi connectivity index (χ4n) is 2.15. The Kier molecular flexibility index (Phi) is 2.28. The Balaban J connectivity index is 2.74. The van der Waals surface area contributed by atoms with Gasteiger partial charge in [0.25, 0.3) is 0 Å². The average Bonchev–Trinajstić information content (AvgIpc) is 2.06.